The molecule has 0 bridgehead atoms. The van der Waals surface area contributed by atoms with Crippen LogP contribution in [-0.4, -0.2) is 73.5 Å². The van der Waals surface area contributed by atoms with Gasteiger partial charge < -0.3 is 20.4 Å². The minimum absolute atomic E-state index is 0. The fraction of sp³-hybridized carbons (Fsp3) is 0.579. The summed E-state index contributed by atoms with van der Waals surface area (Å²) < 4.78 is 0. The SMILES string of the molecule is CN(C)C(=O)N1CCC(C(=O)N(CCN)CCc2ccccc2)CC1.Cl. The average Bonchev–Trinajstić information content (AvgIpc) is 2.65. The molecular weight excluding hydrogens is 352 g/mol. The van der Waals surface area contributed by atoms with Gasteiger partial charge in [-0.15, -0.1) is 12.4 Å². The summed E-state index contributed by atoms with van der Waals surface area (Å²) >= 11 is 0. The summed E-state index contributed by atoms with van der Waals surface area (Å²) in [6.07, 6.45) is 2.29. The van der Waals surface area contributed by atoms with E-state index in [4.69, 9.17) is 5.73 Å². The topological polar surface area (TPSA) is 69.9 Å². The smallest absolute Gasteiger partial charge is 0.319 e. The molecule has 1 aromatic rings. The fourth-order valence-electron chi connectivity index (χ4n) is 3.26. The number of hydrogen-bond acceptors (Lipinski definition) is 3. The second-order valence-electron chi connectivity index (χ2n) is 6.79. The van der Waals surface area contributed by atoms with Gasteiger partial charge in [0.15, 0.2) is 0 Å². The third-order valence-corrected chi connectivity index (χ3v) is 4.72. The van der Waals surface area contributed by atoms with E-state index in [9.17, 15) is 9.59 Å². The molecule has 0 aromatic heterocycles. The minimum atomic E-state index is -0.00599. The van der Waals surface area contributed by atoms with Crippen LogP contribution in [0.4, 0.5) is 4.79 Å². The van der Waals surface area contributed by atoms with Crippen LogP contribution in [0.15, 0.2) is 30.3 Å². The Morgan fingerprint density at radius 3 is 2.27 bits per heavy atom. The Morgan fingerprint density at radius 2 is 1.73 bits per heavy atom. The highest BCUT2D eigenvalue weighted by molar-refractivity contribution is 5.85. The number of benzene rings is 1. The Bertz CT molecular complexity index is 560. The summed E-state index contributed by atoms with van der Waals surface area (Å²) in [5, 5.41) is 0. The molecule has 1 saturated heterocycles. The molecule has 1 fully saturated rings. The lowest BCUT2D eigenvalue weighted by Crippen LogP contribution is -2.48. The number of carbonyl (C=O) groups excluding carboxylic acids is 2. The van der Waals surface area contributed by atoms with Crippen LogP contribution in [0.2, 0.25) is 0 Å². The summed E-state index contributed by atoms with van der Waals surface area (Å²) in [5.41, 5.74) is 6.93. The Kier molecular flexibility index (Phi) is 9.44. The van der Waals surface area contributed by atoms with Crippen LogP contribution in [0.5, 0.6) is 0 Å². The maximum absolute atomic E-state index is 12.9. The van der Waals surface area contributed by atoms with Crippen LogP contribution in [0.3, 0.4) is 0 Å². The van der Waals surface area contributed by atoms with Crippen molar-refractivity contribution in [2.75, 3.05) is 46.8 Å². The molecule has 2 N–H and O–H groups in total. The largest absolute Gasteiger partial charge is 0.341 e. The van der Waals surface area contributed by atoms with Gasteiger partial charge in [-0.05, 0) is 24.8 Å². The Morgan fingerprint density at radius 1 is 1.12 bits per heavy atom. The Hall–Kier alpha value is -1.79. The van der Waals surface area contributed by atoms with E-state index in [1.54, 1.807) is 19.0 Å². The molecule has 0 aliphatic carbocycles. The van der Waals surface area contributed by atoms with Crippen LogP contribution in [0.1, 0.15) is 18.4 Å². The van der Waals surface area contributed by atoms with Crippen molar-refractivity contribution in [3.63, 3.8) is 0 Å². The summed E-state index contributed by atoms with van der Waals surface area (Å²) in [5.74, 6) is 0.173. The highest BCUT2D eigenvalue weighted by Gasteiger charge is 2.30. The monoisotopic (exact) mass is 382 g/mol. The van der Waals surface area contributed by atoms with E-state index in [2.05, 4.69) is 12.1 Å². The number of piperidine rings is 1. The quantitative estimate of drug-likeness (QED) is 0.816. The molecule has 0 spiro atoms. The second kappa shape index (κ2) is 11.0. The molecule has 3 amide bonds. The molecule has 1 aromatic carbocycles. The van der Waals surface area contributed by atoms with Crippen molar-refractivity contribution in [2.45, 2.75) is 19.3 Å². The molecule has 6 nitrogen and oxygen atoms in total. The van der Waals surface area contributed by atoms with E-state index >= 15 is 0 Å². The van der Waals surface area contributed by atoms with E-state index in [-0.39, 0.29) is 30.3 Å². The van der Waals surface area contributed by atoms with Crippen molar-refractivity contribution in [3.05, 3.63) is 35.9 Å². The standard InChI is InChI=1S/C19H30N4O2.ClH/c1-21(2)19(25)23-13-9-17(10-14-23)18(24)22(15-11-20)12-8-16-6-4-3-5-7-16;/h3-7,17H,8-15,20H2,1-2H3;1H. The number of nitrogens with zero attached hydrogens (tertiary/aromatic N) is 3. The lowest BCUT2D eigenvalue weighted by Gasteiger charge is -2.35. The van der Waals surface area contributed by atoms with E-state index in [0.717, 1.165) is 19.3 Å². The zero-order valence-corrected chi connectivity index (χ0v) is 16.6. The van der Waals surface area contributed by atoms with E-state index in [0.29, 0.717) is 32.7 Å². The maximum atomic E-state index is 12.9. The van der Waals surface area contributed by atoms with Crippen molar-refractivity contribution in [2.24, 2.45) is 11.7 Å². The number of hydrogen-bond donors (Lipinski definition) is 1. The van der Waals surface area contributed by atoms with Crippen LogP contribution < -0.4 is 5.73 Å². The van der Waals surface area contributed by atoms with Gasteiger partial charge in [0, 0.05) is 52.7 Å². The highest BCUT2D eigenvalue weighted by atomic mass is 35.5. The van der Waals surface area contributed by atoms with E-state index in [1.807, 2.05) is 28.0 Å². The molecule has 1 heterocycles. The normalized spacial score (nSPS) is 14.5. The second-order valence-corrected chi connectivity index (χ2v) is 6.79. The zero-order valence-electron chi connectivity index (χ0n) is 15.8. The van der Waals surface area contributed by atoms with Gasteiger partial charge in [0.1, 0.15) is 0 Å². The summed E-state index contributed by atoms with van der Waals surface area (Å²) in [4.78, 5) is 30.2. The first-order chi connectivity index (χ1) is 12.0. The van der Waals surface area contributed by atoms with Gasteiger partial charge in [-0.3, -0.25) is 4.79 Å². The first-order valence-corrected chi connectivity index (χ1v) is 9.02. The Labute approximate surface area is 162 Å². The van der Waals surface area contributed by atoms with Crippen molar-refractivity contribution in [1.29, 1.82) is 0 Å². The average molecular weight is 383 g/mol. The predicted octanol–water partition coefficient (Wildman–Crippen LogP) is 1.83. The number of urea groups is 1. The Balaban J connectivity index is 0.00000338. The lowest BCUT2D eigenvalue weighted by atomic mass is 9.95. The third-order valence-electron chi connectivity index (χ3n) is 4.72. The van der Waals surface area contributed by atoms with Gasteiger partial charge in [0.25, 0.3) is 0 Å². The summed E-state index contributed by atoms with van der Waals surface area (Å²) in [7, 11) is 3.51. The van der Waals surface area contributed by atoms with Gasteiger partial charge in [-0.2, -0.15) is 0 Å². The van der Waals surface area contributed by atoms with Crippen LogP contribution in [-0.2, 0) is 11.2 Å². The van der Waals surface area contributed by atoms with Crippen molar-refractivity contribution >= 4 is 24.3 Å². The van der Waals surface area contributed by atoms with Crippen LogP contribution in [0, 0.1) is 5.92 Å². The van der Waals surface area contributed by atoms with Gasteiger partial charge in [0.2, 0.25) is 5.91 Å². The molecule has 0 saturated carbocycles. The lowest BCUT2D eigenvalue weighted by molar-refractivity contribution is -0.136. The van der Waals surface area contributed by atoms with Crippen molar-refractivity contribution < 1.29 is 9.59 Å². The first kappa shape index (κ1) is 22.3. The molecular formula is C19H31ClN4O2. The predicted molar refractivity (Wildman–Crippen MR) is 106 cm³/mol. The van der Waals surface area contributed by atoms with Gasteiger partial charge in [-0.1, -0.05) is 30.3 Å². The first-order valence-electron chi connectivity index (χ1n) is 9.02. The molecule has 0 unspecified atom stereocenters. The summed E-state index contributed by atoms with van der Waals surface area (Å²) in [6, 6.07) is 10.2. The van der Waals surface area contributed by atoms with Gasteiger partial charge in [0.05, 0.1) is 0 Å². The van der Waals surface area contributed by atoms with Crippen LogP contribution >= 0.6 is 12.4 Å². The number of nitrogens with two attached hydrogens (primary N) is 1. The van der Waals surface area contributed by atoms with Crippen molar-refractivity contribution in [1.82, 2.24) is 14.7 Å². The number of rotatable bonds is 6. The highest BCUT2D eigenvalue weighted by Crippen LogP contribution is 2.20. The number of likely N-dealkylation sites (tertiary alicyclic amines) is 1. The van der Waals surface area contributed by atoms with E-state index < -0.39 is 0 Å². The molecule has 7 heteroatoms. The van der Waals surface area contributed by atoms with Crippen LogP contribution in [0.25, 0.3) is 0 Å². The molecule has 1 aliphatic heterocycles. The fourth-order valence-corrected chi connectivity index (χ4v) is 3.26. The number of amides is 3. The number of halogens is 1. The third kappa shape index (κ3) is 6.18. The molecule has 1 aliphatic rings. The van der Waals surface area contributed by atoms with Crippen molar-refractivity contribution in [3.8, 4) is 0 Å². The molecule has 146 valence electrons. The molecule has 0 radical (unpaired) electrons. The number of carbonyl (C=O) groups is 2. The molecule has 0 atom stereocenters. The molecule has 26 heavy (non-hydrogen) atoms. The van der Waals surface area contributed by atoms with E-state index in [1.165, 1.54) is 5.56 Å². The molecule has 2 rings (SSSR count). The maximum Gasteiger partial charge on any atom is 0.319 e. The minimum Gasteiger partial charge on any atom is -0.341 e. The zero-order chi connectivity index (χ0) is 18.2. The van der Waals surface area contributed by atoms with Gasteiger partial charge >= 0.3 is 6.03 Å². The summed E-state index contributed by atoms with van der Waals surface area (Å²) in [6.45, 7) is 3.03. The van der Waals surface area contributed by atoms with Gasteiger partial charge in [-0.25, -0.2) is 4.79 Å².